The normalized spacial score (nSPS) is 16.7. The van der Waals surface area contributed by atoms with Crippen LogP contribution in [0.3, 0.4) is 0 Å². The van der Waals surface area contributed by atoms with Crippen molar-refractivity contribution in [3.05, 3.63) is 23.5 Å². The summed E-state index contributed by atoms with van der Waals surface area (Å²) in [7, 11) is 0. The maximum Gasteiger partial charge on any atom is 0.246 e. The summed E-state index contributed by atoms with van der Waals surface area (Å²) >= 11 is 0. The van der Waals surface area contributed by atoms with Crippen LogP contribution in [0.1, 0.15) is 17.8 Å². The van der Waals surface area contributed by atoms with Crippen molar-refractivity contribution in [1.82, 2.24) is 10.3 Å². The molecule has 0 atom stereocenters. The summed E-state index contributed by atoms with van der Waals surface area (Å²) in [6, 6.07) is 3.75. The maximum atomic E-state index is 11.9. The van der Waals surface area contributed by atoms with Crippen molar-refractivity contribution < 1.29 is 9.59 Å². The Morgan fingerprint density at radius 3 is 2.76 bits per heavy atom. The summed E-state index contributed by atoms with van der Waals surface area (Å²) in [5.41, 5.74) is 2.52. The van der Waals surface area contributed by atoms with Crippen LogP contribution in [0, 0.1) is 13.8 Å². The molecule has 1 fully saturated rings. The van der Waals surface area contributed by atoms with Gasteiger partial charge in [0.1, 0.15) is 0 Å². The third-order valence-electron chi connectivity index (χ3n) is 2.79. The quantitative estimate of drug-likeness (QED) is 0.770. The molecule has 1 aliphatic rings. The van der Waals surface area contributed by atoms with Crippen molar-refractivity contribution in [3.63, 3.8) is 0 Å². The summed E-state index contributed by atoms with van der Waals surface area (Å²) < 4.78 is 0. The van der Waals surface area contributed by atoms with Crippen molar-refractivity contribution in [2.24, 2.45) is 0 Å². The summed E-state index contributed by atoms with van der Waals surface area (Å²) in [6.07, 6.45) is 0.332. The second kappa shape index (κ2) is 4.53. The van der Waals surface area contributed by atoms with Crippen LogP contribution in [0.2, 0.25) is 0 Å². The van der Waals surface area contributed by atoms with Crippen LogP contribution in [0.25, 0.3) is 0 Å². The Kier molecular flexibility index (Phi) is 3.08. The molecule has 5 nitrogen and oxygen atoms in total. The Bertz CT molecular complexity index is 471. The van der Waals surface area contributed by atoms with E-state index in [1.54, 1.807) is 4.90 Å². The molecule has 1 aliphatic heterocycles. The zero-order valence-electron chi connectivity index (χ0n) is 9.99. The van der Waals surface area contributed by atoms with E-state index in [-0.39, 0.29) is 18.4 Å². The lowest BCUT2D eigenvalue weighted by molar-refractivity contribution is -0.123. The lowest BCUT2D eigenvalue weighted by Crippen LogP contribution is -2.35. The molecule has 1 aromatic rings. The van der Waals surface area contributed by atoms with Crippen LogP contribution < -0.4 is 10.2 Å². The van der Waals surface area contributed by atoms with Gasteiger partial charge in [0.05, 0.1) is 17.9 Å². The second-order valence-corrected chi connectivity index (χ2v) is 4.13. The number of nitrogens with zero attached hydrogens (tertiary/aromatic N) is 2. The largest absolute Gasteiger partial charge is 0.347 e. The first-order valence-corrected chi connectivity index (χ1v) is 5.59. The first kappa shape index (κ1) is 11.6. The SMILES string of the molecule is Cc1ccc(N2CCC(=O)NCC2=O)c(C)n1. The molecule has 1 saturated heterocycles. The molecule has 1 aromatic heterocycles. The molecule has 0 spiro atoms. The van der Waals surface area contributed by atoms with Crippen LogP contribution in [0.15, 0.2) is 12.1 Å². The summed E-state index contributed by atoms with van der Waals surface area (Å²) in [5.74, 6) is -0.178. The minimum atomic E-state index is -0.0930. The predicted octanol–water partition coefficient (Wildman–Crippen LogP) is 0.551. The van der Waals surface area contributed by atoms with E-state index in [9.17, 15) is 9.59 Å². The van der Waals surface area contributed by atoms with Gasteiger partial charge < -0.3 is 10.2 Å². The molecule has 2 heterocycles. The molecule has 0 saturated carbocycles. The first-order chi connectivity index (χ1) is 8.08. The molecule has 17 heavy (non-hydrogen) atoms. The van der Waals surface area contributed by atoms with Crippen LogP contribution in [0.4, 0.5) is 5.69 Å². The van der Waals surface area contributed by atoms with Gasteiger partial charge in [0.15, 0.2) is 0 Å². The van der Waals surface area contributed by atoms with Gasteiger partial charge in [-0.25, -0.2) is 0 Å². The Morgan fingerprint density at radius 1 is 1.29 bits per heavy atom. The van der Waals surface area contributed by atoms with E-state index in [1.807, 2.05) is 26.0 Å². The lowest BCUT2D eigenvalue weighted by Gasteiger charge is -2.21. The molecule has 0 aromatic carbocycles. The van der Waals surface area contributed by atoms with Crippen LogP contribution in [0.5, 0.6) is 0 Å². The standard InChI is InChI=1S/C12H15N3O2/c1-8-3-4-10(9(2)14-8)15-6-5-11(16)13-7-12(15)17/h3-4H,5-7H2,1-2H3,(H,13,16). The average molecular weight is 233 g/mol. The molecule has 1 N–H and O–H groups in total. The number of carbonyl (C=O) groups excluding carboxylic acids is 2. The van der Waals surface area contributed by atoms with E-state index in [0.29, 0.717) is 13.0 Å². The number of hydrogen-bond donors (Lipinski definition) is 1. The monoisotopic (exact) mass is 233 g/mol. The second-order valence-electron chi connectivity index (χ2n) is 4.13. The fourth-order valence-electron chi connectivity index (χ4n) is 1.92. The van der Waals surface area contributed by atoms with E-state index < -0.39 is 0 Å². The van der Waals surface area contributed by atoms with Gasteiger partial charge in [0.2, 0.25) is 11.8 Å². The van der Waals surface area contributed by atoms with E-state index in [1.165, 1.54) is 0 Å². The Balaban J connectivity index is 2.31. The van der Waals surface area contributed by atoms with Gasteiger partial charge in [-0.2, -0.15) is 0 Å². The highest BCUT2D eigenvalue weighted by Crippen LogP contribution is 2.19. The van der Waals surface area contributed by atoms with Crippen LogP contribution >= 0.6 is 0 Å². The molecule has 0 unspecified atom stereocenters. The van der Waals surface area contributed by atoms with E-state index >= 15 is 0 Å². The third kappa shape index (κ3) is 2.43. The topological polar surface area (TPSA) is 62.3 Å². The van der Waals surface area contributed by atoms with Gasteiger partial charge in [-0.05, 0) is 26.0 Å². The molecular formula is C12H15N3O2. The lowest BCUT2D eigenvalue weighted by atomic mass is 10.2. The van der Waals surface area contributed by atoms with Gasteiger partial charge in [-0.1, -0.05) is 0 Å². The zero-order chi connectivity index (χ0) is 12.4. The first-order valence-electron chi connectivity index (χ1n) is 5.59. The zero-order valence-corrected chi connectivity index (χ0v) is 9.99. The molecule has 0 bridgehead atoms. The number of anilines is 1. The maximum absolute atomic E-state index is 11.9. The molecule has 5 heteroatoms. The van der Waals surface area contributed by atoms with Gasteiger partial charge >= 0.3 is 0 Å². The summed E-state index contributed by atoms with van der Waals surface area (Å²) in [6.45, 7) is 4.25. The highest BCUT2D eigenvalue weighted by molar-refractivity contribution is 5.99. The number of hydrogen-bond acceptors (Lipinski definition) is 3. The van der Waals surface area contributed by atoms with Crippen molar-refractivity contribution in [2.45, 2.75) is 20.3 Å². The molecule has 90 valence electrons. The number of aryl methyl sites for hydroxylation is 2. The number of pyridine rings is 1. The van der Waals surface area contributed by atoms with E-state index in [2.05, 4.69) is 10.3 Å². The summed E-state index contributed by atoms with van der Waals surface area (Å²) in [5, 5.41) is 2.57. The molecule has 0 radical (unpaired) electrons. The van der Waals surface area contributed by atoms with Crippen molar-refractivity contribution in [2.75, 3.05) is 18.0 Å². The predicted molar refractivity (Wildman–Crippen MR) is 63.7 cm³/mol. The Hall–Kier alpha value is -1.91. The third-order valence-corrected chi connectivity index (χ3v) is 2.79. The highest BCUT2D eigenvalue weighted by Gasteiger charge is 2.22. The summed E-state index contributed by atoms with van der Waals surface area (Å²) in [4.78, 5) is 29.1. The number of rotatable bonds is 1. The number of amides is 2. The molecular weight excluding hydrogens is 218 g/mol. The molecule has 2 rings (SSSR count). The number of aromatic nitrogens is 1. The minimum absolute atomic E-state index is 0.0617. The smallest absolute Gasteiger partial charge is 0.246 e. The van der Waals surface area contributed by atoms with Crippen molar-refractivity contribution in [1.29, 1.82) is 0 Å². The fourth-order valence-corrected chi connectivity index (χ4v) is 1.92. The van der Waals surface area contributed by atoms with Crippen LogP contribution in [-0.2, 0) is 9.59 Å². The number of carbonyl (C=O) groups is 2. The average Bonchev–Trinajstić information content (AvgIpc) is 2.43. The highest BCUT2D eigenvalue weighted by atomic mass is 16.2. The van der Waals surface area contributed by atoms with E-state index in [4.69, 9.17) is 0 Å². The van der Waals surface area contributed by atoms with E-state index in [0.717, 1.165) is 17.1 Å². The number of nitrogens with one attached hydrogen (secondary N) is 1. The van der Waals surface area contributed by atoms with Gasteiger partial charge in [0.25, 0.3) is 0 Å². The van der Waals surface area contributed by atoms with Gasteiger partial charge in [0, 0.05) is 18.7 Å². The molecule has 2 amide bonds. The molecule has 0 aliphatic carbocycles. The minimum Gasteiger partial charge on any atom is -0.347 e. The van der Waals surface area contributed by atoms with Gasteiger partial charge in [-0.3, -0.25) is 14.6 Å². The fraction of sp³-hybridized carbons (Fsp3) is 0.417. The Labute approximate surface area is 99.8 Å². The van der Waals surface area contributed by atoms with Crippen molar-refractivity contribution >= 4 is 17.5 Å². The van der Waals surface area contributed by atoms with Crippen molar-refractivity contribution in [3.8, 4) is 0 Å². The van der Waals surface area contributed by atoms with Gasteiger partial charge in [-0.15, -0.1) is 0 Å². The van der Waals surface area contributed by atoms with Crippen LogP contribution in [-0.4, -0.2) is 29.9 Å². The Morgan fingerprint density at radius 2 is 2.06 bits per heavy atom.